The van der Waals surface area contributed by atoms with Crippen LogP contribution in [0.5, 0.6) is 0 Å². The van der Waals surface area contributed by atoms with Gasteiger partial charge in [0.05, 0.1) is 6.10 Å². The molecule has 0 aliphatic carbocycles. The normalized spacial score (nSPS) is 12.2. The van der Waals surface area contributed by atoms with Crippen LogP contribution >= 0.6 is 15.9 Å². The van der Waals surface area contributed by atoms with Crippen LogP contribution in [0, 0.1) is 18.2 Å². The molecule has 1 atom stereocenters. The second-order valence-electron chi connectivity index (χ2n) is 2.56. The molecule has 0 fully saturated rings. The van der Waals surface area contributed by atoms with Gasteiger partial charge >= 0.3 is 0 Å². The second-order valence-corrected chi connectivity index (χ2v) is 3.41. The Labute approximate surface area is 84.7 Å². The van der Waals surface area contributed by atoms with Crippen molar-refractivity contribution in [3.8, 4) is 12.3 Å². The van der Waals surface area contributed by atoms with E-state index in [1.54, 1.807) is 12.1 Å². The summed E-state index contributed by atoms with van der Waals surface area (Å²) in [5.74, 6) is 1.84. The zero-order chi connectivity index (χ0) is 9.84. The first-order valence-electron chi connectivity index (χ1n) is 3.72. The van der Waals surface area contributed by atoms with Gasteiger partial charge in [0.2, 0.25) is 0 Å². The molecule has 1 rings (SSSR count). The maximum atomic E-state index is 13.2. The van der Waals surface area contributed by atoms with Crippen molar-refractivity contribution in [2.45, 2.75) is 12.5 Å². The van der Waals surface area contributed by atoms with E-state index >= 15 is 0 Å². The highest BCUT2D eigenvalue weighted by Gasteiger charge is 2.14. The van der Waals surface area contributed by atoms with E-state index in [2.05, 4.69) is 21.9 Å². The summed E-state index contributed by atoms with van der Waals surface area (Å²) in [6.45, 7) is 0. The number of hydrogen-bond acceptors (Lipinski definition) is 1. The smallest absolute Gasteiger partial charge is 0.130 e. The summed E-state index contributed by atoms with van der Waals surface area (Å²) in [6.07, 6.45) is 4.19. The Hall–Kier alpha value is -0.850. The van der Waals surface area contributed by atoms with Gasteiger partial charge in [-0.05, 0) is 12.1 Å². The van der Waals surface area contributed by atoms with Crippen molar-refractivity contribution in [1.29, 1.82) is 0 Å². The van der Waals surface area contributed by atoms with E-state index in [1.165, 1.54) is 6.07 Å². The lowest BCUT2D eigenvalue weighted by atomic mass is 10.1. The van der Waals surface area contributed by atoms with Gasteiger partial charge in [-0.3, -0.25) is 0 Å². The van der Waals surface area contributed by atoms with Crippen LogP contribution in [-0.4, -0.2) is 5.11 Å². The number of benzene rings is 1. The van der Waals surface area contributed by atoms with Gasteiger partial charge in [0.1, 0.15) is 5.82 Å². The van der Waals surface area contributed by atoms with Gasteiger partial charge in [-0.15, -0.1) is 12.3 Å². The van der Waals surface area contributed by atoms with Gasteiger partial charge in [-0.1, -0.05) is 22.0 Å². The van der Waals surface area contributed by atoms with Gasteiger partial charge in [0.15, 0.2) is 0 Å². The fourth-order valence-electron chi connectivity index (χ4n) is 1.04. The van der Waals surface area contributed by atoms with Crippen molar-refractivity contribution in [3.05, 3.63) is 34.1 Å². The fraction of sp³-hybridized carbons (Fsp3) is 0.200. The van der Waals surface area contributed by atoms with E-state index in [0.717, 1.165) is 0 Å². The minimum absolute atomic E-state index is 0.111. The number of aliphatic hydroxyl groups is 1. The van der Waals surface area contributed by atoms with Gasteiger partial charge in [-0.25, -0.2) is 4.39 Å². The molecular formula is C10H8BrFO. The molecule has 1 aromatic carbocycles. The Morgan fingerprint density at radius 2 is 2.31 bits per heavy atom. The third-order valence-corrected chi connectivity index (χ3v) is 2.34. The minimum atomic E-state index is -0.944. The van der Waals surface area contributed by atoms with Crippen LogP contribution in [0.25, 0.3) is 0 Å². The Morgan fingerprint density at radius 1 is 1.62 bits per heavy atom. The summed E-state index contributed by atoms with van der Waals surface area (Å²) in [6, 6.07) is 4.52. The first-order valence-corrected chi connectivity index (χ1v) is 4.51. The largest absolute Gasteiger partial charge is 0.387 e. The highest BCUT2D eigenvalue weighted by molar-refractivity contribution is 9.10. The summed E-state index contributed by atoms with van der Waals surface area (Å²) < 4.78 is 13.7. The zero-order valence-electron chi connectivity index (χ0n) is 6.80. The quantitative estimate of drug-likeness (QED) is 0.791. The van der Waals surface area contributed by atoms with E-state index in [-0.39, 0.29) is 12.0 Å². The maximum Gasteiger partial charge on any atom is 0.130 e. The van der Waals surface area contributed by atoms with Crippen LogP contribution in [-0.2, 0) is 0 Å². The van der Waals surface area contributed by atoms with Gasteiger partial charge in [0.25, 0.3) is 0 Å². The molecule has 0 radical (unpaired) electrons. The van der Waals surface area contributed by atoms with Gasteiger partial charge < -0.3 is 5.11 Å². The fourth-order valence-corrected chi connectivity index (χ4v) is 1.65. The minimum Gasteiger partial charge on any atom is -0.387 e. The van der Waals surface area contributed by atoms with Crippen LogP contribution < -0.4 is 0 Å². The molecule has 0 aromatic heterocycles. The van der Waals surface area contributed by atoms with Crippen LogP contribution in [0.4, 0.5) is 4.39 Å². The van der Waals surface area contributed by atoms with Gasteiger partial charge in [-0.2, -0.15) is 0 Å². The summed E-state index contributed by atoms with van der Waals surface area (Å²) in [5, 5.41) is 9.47. The van der Waals surface area contributed by atoms with E-state index in [9.17, 15) is 9.50 Å². The first kappa shape index (κ1) is 10.2. The molecule has 13 heavy (non-hydrogen) atoms. The van der Waals surface area contributed by atoms with Crippen molar-refractivity contribution in [1.82, 2.24) is 0 Å². The topological polar surface area (TPSA) is 20.2 Å². The molecule has 0 aliphatic rings. The van der Waals surface area contributed by atoms with E-state index in [0.29, 0.717) is 4.47 Å². The molecule has 0 saturated carbocycles. The average molecular weight is 243 g/mol. The Bertz CT molecular complexity index is 323. The molecule has 1 N–H and O–H groups in total. The number of rotatable bonds is 2. The van der Waals surface area contributed by atoms with Crippen molar-refractivity contribution in [3.63, 3.8) is 0 Å². The number of terminal acetylenes is 1. The van der Waals surface area contributed by atoms with Crippen molar-refractivity contribution >= 4 is 15.9 Å². The molecule has 1 aromatic rings. The predicted octanol–water partition coefficient (Wildman–Crippen LogP) is 2.64. The third kappa shape index (κ3) is 2.30. The van der Waals surface area contributed by atoms with Crippen LogP contribution in [0.1, 0.15) is 18.1 Å². The van der Waals surface area contributed by atoms with E-state index in [4.69, 9.17) is 6.42 Å². The molecule has 0 bridgehead atoms. The summed E-state index contributed by atoms with van der Waals surface area (Å²) >= 11 is 3.15. The Kier molecular flexibility index (Phi) is 3.47. The summed E-state index contributed by atoms with van der Waals surface area (Å²) in [5.41, 5.74) is 0.223. The summed E-state index contributed by atoms with van der Waals surface area (Å²) in [4.78, 5) is 0. The Balaban J connectivity index is 3.06. The molecule has 0 heterocycles. The molecular weight excluding hydrogens is 235 g/mol. The lowest BCUT2D eigenvalue weighted by molar-refractivity contribution is 0.178. The van der Waals surface area contributed by atoms with Crippen LogP contribution in [0.3, 0.4) is 0 Å². The maximum absolute atomic E-state index is 13.2. The first-order chi connectivity index (χ1) is 6.16. The lowest BCUT2D eigenvalue weighted by Gasteiger charge is -2.10. The van der Waals surface area contributed by atoms with E-state index in [1.807, 2.05) is 0 Å². The molecule has 0 amide bonds. The average Bonchev–Trinajstić information content (AvgIpc) is 2.04. The van der Waals surface area contributed by atoms with Crippen molar-refractivity contribution in [2.75, 3.05) is 0 Å². The molecule has 1 nitrogen and oxygen atoms in total. The van der Waals surface area contributed by atoms with Crippen molar-refractivity contribution in [2.24, 2.45) is 0 Å². The summed E-state index contributed by atoms with van der Waals surface area (Å²) in [7, 11) is 0. The number of aliphatic hydroxyl groups excluding tert-OH is 1. The molecule has 0 saturated heterocycles. The van der Waals surface area contributed by atoms with Gasteiger partial charge in [0, 0.05) is 16.5 Å². The van der Waals surface area contributed by atoms with E-state index < -0.39 is 11.9 Å². The molecule has 1 unspecified atom stereocenters. The SMILES string of the molecule is C#CCC(O)c1c(F)cccc1Br. The predicted molar refractivity (Wildman–Crippen MR) is 52.5 cm³/mol. The molecule has 68 valence electrons. The monoisotopic (exact) mass is 242 g/mol. The molecule has 0 spiro atoms. The highest BCUT2D eigenvalue weighted by Crippen LogP contribution is 2.27. The van der Waals surface area contributed by atoms with Crippen molar-refractivity contribution < 1.29 is 9.50 Å². The lowest BCUT2D eigenvalue weighted by Crippen LogP contribution is -2.00. The molecule has 0 aliphatic heterocycles. The Morgan fingerprint density at radius 3 is 2.85 bits per heavy atom. The number of hydrogen-bond donors (Lipinski definition) is 1. The third-order valence-electron chi connectivity index (χ3n) is 1.64. The molecule has 3 heteroatoms. The van der Waals surface area contributed by atoms with Crippen LogP contribution in [0.2, 0.25) is 0 Å². The zero-order valence-corrected chi connectivity index (χ0v) is 8.38. The highest BCUT2D eigenvalue weighted by atomic mass is 79.9. The van der Waals surface area contributed by atoms with Crippen LogP contribution in [0.15, 0.2) is 22.7 Å². The standard InChI is InChI=1S/C10H8BrFO/c1-2-4-9(13)10-7(11)5-3-6-8(10)12/h1,3,5-6,9,13H,4H2. The number of halogens is 2. The second kappa shape index (κ2) is 4.40.